The van der Waals surface area contributed by atoms with E-state index in [4.69, 9.17) is 15.2 Å². The lowest BCUT2D eigenvalue weighted by molar-refractivity contribution is 0.0342. The van der Waals surface area contributed by atoms with Crippen molar-refractivity contribution < 1.29 is 14.3 Å². The summed E-state index contributed by atoms with van der Waals surface area (Å²) in [5.41, 5.74) is 11.9. The average molecular weight is 438 g/mol. The van der Waals surface area contributed by atoms with Crippen LogP contribution in [0, 0.1) is 6.92 Å². The first-order chi connectivity index (χ1) is 15.6. The van der Waals surface area contributed by atoms with Gasteiger partial charge in [0, 0.05) is 56.7 Å². The van der Waals surface area contributed by atoms with Crippen LogP contribution >= 0.6 is 0 Å². The third-order valence-corrected chi connectivity index (χ3v) is 6.72. The SMILES string of the molecule is CCN(c1cc(-c2ccc(CN3CCOCC3)cc2)cc(C(N)=O)c1C)C1CCOCC1. The third kappa shape index (κ3) is 5.14. The molecule has 2 aromatic carbocycles. The molecule has 2 heterocycles. The van der Waals surface area contributed by atoms with Crippen molar-refractivity contribution in [1.82, 2.24) is 4.90 Å². The number of hydrogen-bond donors (Lipinski definition) is 1. The highest BCUT2D eigenvalue weighted by Crippen LogP contribution is 2.33. The molecule has 0 spiro atoms. The molecule has 2 fully saturated rings. The van der Waals surface area contributed by atoms with Crippen LogP contribution in [0.1, 0.15) is 41.3 Å². The molecule has 0 radical (unpaired) electrons. The molecule has 2 saturated heterocycles. The highest BCUT2D eigenvalue weighted by molar-refractivity contribution is 5.97. The molecule has 6 heteroatoms. The number of nitrogens with zero attached hydrogens (tertiary/aromatic N) is 2. The average Bonchev–Trinajstić information content (AvgIpc) is 2.82. The summed E-state index contributed by atoms with van der Waals surface area (Å²) in [6.45, 7) is 11.1. The minimum absolute atomic E-state index is 0.377. The number of carbonyl (C=O) groups is 1. The van der Waals surface area contributed by atoms with Gasteiger partial charge in [0.05, 0.1) is 13.2 Å². The zero-order valence-corrected chi connectivity index (χ0v) is 19.3. The van der Waals surface area contributed by atoms with Gasteiger partial charge in [-0.15, -0.1) is 0 Å². The molecule has 1 amide bonds. The zero-order valence-electron chi connectivity index (χ0n) is 19.3. The fraction of sp³-hybridized carbons (Fsp3) is 0.500. The number of morpholine rings is 1. The fourth-order valence-electron chi connectivity index (χ4n) is 4.86. The third-order valence-electron chi connectivity index (χ3n) is 6.72. The van der Waals surface area contributed by atoms with Crippen molar-refractivity contribution in [2.45, 2.75) is 39.3 Å². The van der Waals surface area contributed by atoms with Gasteiger partial charge in [-0.3, -0.25) is 9.69 Å². The Balaban J connectivity index is 1.63. The highest BCUT2D eigenvalue weighted by Gasteiger charge is 2.24. The van der Waals surface area contributed by atoms with Crippen LogP contribution in [0.2, 0.25) is 0 Å². The molecule has 0 atom stereocenters. The van der Waals surface area contributed by atoms with E-state index in [1.54, 1.807) is 0 Å². The summed E-state index contributed by atoms with van der Waals surface area (Å²) < 4.78 is 11.0. The Labute approximate surface area is 191 Å². The lowest BCUT2D eigenvalue weighted by Crippen LogP contribution is -2.40. The Morgan fingerprint density at radius 1 is 1.03 bits per heavy atom. The van der Waals surface area contributed by atoms with E-state index in [2.05, 4.69) is 47.1 Å². The second-order valence-electron chi connectivity index (χ2n) is 8.75. The summed E-state index contributed by atoms with van der Waals surface area (Å²) in [6, 6.07) is 13.3. The van der Waals surface area contributed by atoms with Gasteiger partial charge in [-0.25, -0.2) is 0 Å². The largest absolute Gasteiger partial charge is 0.381 e. The van der Waals surface area contributed by atoms with Gasteiger partial charge >= 0.3 is 0 Å². The summed E-state index contributed by atoms with van der Waals surface area (Å²) in [5.74, 6) is -0.377. The molecule has 0 aromatic heterocycles. The quantitative estimate of drug-likeness (QED) is 0.717. The van der Waals surface area contributed by atoms with E-state index in [1.165, 1.54) is 5.56 Å². The molecule has 0 aliphatic carbocycles. The number of primary amides is 1. The van der Waals surface area contributed by atoms with Crippen LogP contribution in [0.3, 0.4) is 0 Å². The maximum Gasteiger partial charge on any atom is 0.249 e. The monoisotopic (exact) mass is 437 g/mol. The Morgan fingerprint density at radius 2 is 1.69 bits per heavy atom. The first kappa shape index (κ1) is 22.8. The summed E-state index contributed by atoms with van der Waals surface area (Å²) in [4.78, 5) is 17.1. The number of ether oxygens (including phenoxy) is 2. The molecule has 0 bridgehead atoms. The predicted octanol–water partition coefficient (Wildman–Crippen LogP) is 3.60. The van der Waals surface area contributed by atoms with Gasteiger partial charge in [-0.2, -0.15) is 0 Å². The number of anilines is 1. The van der Waals surface area contributed by atoms with E-state index in [0.29, 0.717) is 11.6 Å². The molecule has 2 aromatic rings. The van der Waals surface area contributed by atoms with Gasteiger partial charge in [0.15, 0.2) is 0 Å². The molecule has 4 rings (SSSR count). The lowest BCUT2D eigenvalue weighted by Gasteiger charge is -2.37. The van der Waals surface area contributed by atoms with Crippen molar-refractivity contribution >= 4 is 11.6 Å². The van der Waals surface area contributed by atoms with Crippen molar-refractivity contribution in [1.29, 1.82) is 0 Å². The number of carbonyl (C=O) groups excluding carboxylic acids is 1. The second kappa shape index (κ2) is 10.5. The molecule has 2 N–H and O–H groups in total. The lowest BCUT2D eigenvalue weighted by atomic mass is 9.95. The molecule has 2 aliphatic rings. The smallest absolute Gasteiger partial charge is 0.249 e. The first-order valence-corrected chi connectivity index (χ1v) is 11.7. The second-order valence-corrected chi connectivity index (χ2v) is 8.75. The van der Waals surface area contributed by atoms with E-state index in [9.17, 15) is 4.79 Å². The Bertz CT molecular complexity index is 917. The minimum atomic E-state index is -0.377. The van der Waals surface area contributed by atoms with Gasteiger partial charge in [-0.05, 0) is 61.1 Å². The first-order valence-electron chi connectivity index (χ1n) is 11.7. The molecule has 172 valence electrons. The number of rotatable bonds is 7. The molecular weight excluding hydrogens is 402 g/mol. The van der Waals surface area contributed by atoms with Gasteiger partial charge in [-0.1, -0.05) is 24.3 Å². The van der Waals surface area contributed by atoms with E-state index in [0.717, 1.165) is 87.8 Å². The molecular formula is C26H35N3O3. The number of benzene rings is 2. The van der Waals surface area contributed by atoms with Crippen molar-refractivity contribution in [3.63, 3.8) is 0 Å². The van der Waals surface area contributed by atoms with Crippen LogP contribution in [0.15, 0.2) is 36.4 Å². The van der Waals surface area contributed by atoms with Crippen LogP contribution in [-0.4, -0.2) is 62.9 Å². The molecule has 0 unspecified atom stereocenters. The standard InChI is InChI=1S/C26H35N3O3/c1-3-29(23-8-12-31-13-9-23)25-17-22(16-24(19(25)2)26(27)30)21-6-4-20(5-7-21)18-28-10-14-32-15-11-28/h4-7,16-17,23H,3,8-15,18H2,1-2H3,(H2,27,30). The number of amides is 1. The summed E-state index contributed by atoms with van der Waals surface area (Å²) in [6.07, 6.45) is 2.00. The molecule has 2 aliphatic heterocycles. The Hall–Kier alpha value is -2.41. The van der Waals surface area contributed by atoms with Gasteiger partial charge in [0.1, 0.15) is 0 Å². The Kier molecular flexibility index (Phi) is 7.45. The van der Waals surface area contributed by atoms with Crippen LogP contribution < -0.4 is 10.6 Å². The van der Waals surface area contributed by atoms with Crippen molar-refractivity contribution in [3.05, 3.63) is 53.1 Å². The van der Waals surface area contributed by atoms with Crippen molar-refractivity contribution in [3.8, 4) is 11.1 Å². The molecule has 6 nitrogen and oxygen atoms in total. The number of hydrogen-bond acceptors (Lipinski definition) is 5. The van der Waals surface area contributed by atoms with Crippen LogP contribution in [0.5, 0.6) is 0 Å². The maximum absolute atomic E-state index is 12.3. The topological polar surface area (TPSA) is 68.0 Å². The summed E-state index contributed by atoms with van der Waals surface area (Å²) in [7, 11) is 0. The highest BCUT2D eigenvalue weighted by atomic mass is 16.5. The van der Waals surface area contributed by atoms with Crippen molar-refractivity contribution in [2.75, 3.05) is 51.0 Å². The zero-order chi connectivity index (χ0) is 22.5. The van der Waals surface area contributed by atoms with Crippen molar-refractivity contribution in [2.24, 2.45) is 5.73 Å². The summed E-state index contributed by atoms with van der Waals surface area (Å²) in [5, 5.41) is 0. The molecule has 0 saturated carbocycles. The maximum atomic E-state index is 12.3. The van der Waals surface area contributed by atoms with Gasteiger partial charge in [0.2, 0.25) is 5.91 Å². The fourth-order valence-corrected chi connectivity index (χ4v) is 4.86. The number of nitrogens with two attached hydrogens (primary N) is 1. The minimum Gasteiger partial charge on any atom is -0.381 e. The van der Waals surface area contributed by atoms with E-state index < -0.39 is 0 Å². The normalized spacial score (nSPS) is 17.9. The van der Waals surface area contributed by atoms with Crippen LogP contribution in [-0.2, 0) is 16.0 Å². The van der Waals surface area contributed by atoms with Gasteiger partial charge in [0.25, 0.3) is 0 Å². The van der Waals surface area contributed by atoms with E-state index >= 15 is 0 Å². The van der Waals surface area contributed by atoms with Crippen LogP contribution in [0.4, 0.5) is 5.69 Å². The molecule has 32 heavy (non-hydrogen) atoms. The Morgan fingerprint density at radius 3 is 2.31 bits per heavy atom. The van der Waals surface area contributed by atoms with E-state index in [1.807, 2.05) is 13.0 Å². The predicted molar refractivity (Wildman–Crippen MR) is 128 cm³/mol. The van der Waals surface area contributed by atoms with Gasteiger partial charge < -0.3 is 20.1 Å². The van der Waals surface area contributed by atoms with Crippen LogP contribution in [0.25, 0.3) is 11.1 Å². The van der Waals surface area contributed by atoms with E-state index in [-0.39, 0.29) is 5.91 Å². The summed E-state index contributed by atoms with van der Waals surface area (Å²) >= 11 is 0.